The predicted molar refractivity (Wildman–Crippen MR) is 67.5 cm³/mol. The van der Waals surface area contributed by atoms with Crippen molar-refractivity contribution in [1.29, 1.82) is 0 Å². The number of nitrogens with zero attached hydrogens (tertiary/aromatic N) is 4. The molecular weight excluding hydrogens is 230 g/mol. The smallest absolute Gasteiger partial charge is 0.224 e. The molecule has 0 fully saturated rings. The minimum absolute atomic E-state index is 0.589. The lowest BCUT2D eigenvalue weighted by Crippen LogP contribution is -2.04. The number of fused-ring (bicyclic) bond motifs is 1. The fourth-order valence-electron chi connectivity index (χ4n) is 2.11. The maximum Gasteiger partial charge on any atom is 0.224 e. The minimum Gasteiger partial charge on any atom is -0.481 e. The zero-order valence-corrected chi connectivity index (χ0v) is 10.3. The van der Waals surface area contributed by atoms with Crippen LogP contribution in [0.3, 0.4) is 0 Å². The lowest BCUT2D eigenvalue weighted by atomic mass is 10.2. The summed E-state index contributed by atoms with van der Waals surface area (Å²) in [7, 11) is 1.61. The highest BCUT2D eigenvalue weighted by atomic mass is 16.5. The monoisotopic (exact) mass is 245 g/mol. The van der Waals surface area contributed by atoms with E-state index < -0.39 is 0 Å². The molecule has 6 nitrogen and oxygen atoms in total. The molecule has 3 rings (SSSR count). The lowest BCUT2D eigenvalue weighted by molar-refractivity contribution is 0.398. The molecule has 2 aromatic heterocycles. The predicted octanol–water partition coefficient (Wildman–Crippen LogP) is 1.55. The molecule has 0 amide bonds. The Kier molecular flexibility index (Phi) is 2.84. The molecule has 18 heavy (non-hydrogen) atoms. The second-order valence-electron chi connectivity index (χ2n) is 4.22. The number of pyridine rings is 1. The van der Waals surface area contributed by atoms with Gasteiger partial charge in [-0.1, -0.05) is 0 Å². The van der Waals surface area contributed by atoms with E-state index in [4.69, 9.17) is 4.74 Å². The lowest BCUT2D eigenvalue weighted by Gasteiger charge is -2.07. The van der Waals surface area contributed by atoms with Crippen LogP contribution in [0.15, 0.2) is 18.3 Å². The molecule has 1 N–H and O–H groups in total. The van der Waals surface area contributed by atoms with Gasteiger partial charge in [0.2, 0.25) is 11.8 Å². The Morgan fingerprint density at radius 2 is 2.28 bits per heavy atom. The molecule has 3 heterocycles. The normalized spacial score (nSPS) is 14.5. The molecule has 1 aliphatic heterocycles. The van der Waals surface area contributed by atoms with Crippen molar-refractivity contribution in [1.82, 2.24) is 19.7 Å². The fourth-order valence-corrected chi connectivity index (χ4v) is 2.11. The highest BCUT2D eigenvalue weighted by Crippen LogP contribution is 2.24. The molecular formula is C12H15N5O. The van der Waals surface area contributed by atoms with E-state index in [9.17, 15) is 0 Å². The van der Waals surface area contributed by atoms with Crippen molar-refractivity contribution in [2.24, 2.45) is 0 Å². The Labute approximate surface area is 105 Å². The fraction of sp³-hybridized carbons (Fsp3) is 0.417. The molecule has 2 aromatic rings. The molecule has 0 saturated heterocycles. The molecule has 94 valence electrons. The van der Waals surface area contributed by atoms with Crippen molar-refractivity contribution in [2.45, 2.75) is 19.4 Å². The number of nitrogens with one attached hydrogen (secondary N) is 1. The highest BCUT2D eigenvalue weighted by Gasteiger charge is 2.15. The number of methoxy groups -OCH3 is 1. The summed E-state index contributed by atoms with van der Waals surface area (Å²) in [6.45, 7) is 1.90. The third-order valence-electron chi connectivity index (χ3n) is 3.04. The second-order valence-corrected chi connectivity index (χ2v) is 4.22. The summed E-state index contributed by atoms with van der Waals surface area (Å²) >= 11 is 0. The average molecular weight is 245 g/mol. The summed E-state index contributed by atoms with van der Waals surface area (Å²) in [5.74, 6) is 2.30. The van der Waals surface area contributed by atoms with E-state index in [0.29, 0.717) is 5.88 Å². The molecule has 0 aromatic carbocycles. The van der Waals surface area contributed by atoms with E-state index in [1.807, 2.05) is 12.1 Å². The summed E-state index contributed by atoms with van der Waals surface area (Å²) in [6.07, 6.45) is 4.01. The van der Waals surface area contributed by atoms with Gasteiger partial charge in [0.1, 0.15) is 0 Å². The van der Waals surface area contributed by atoms with Gasteiger partial charge in [0.25, 0.3) is 0 Å². The molecule has 0 unspecified atom stereocenters. The van der Waals surface area contributed by atoms with Crippen molar-refractivity contribution in [3.8, 4) is 17.3 Å². The van der Waals surface area contributed by atoms with Gasteiger partial charge in [0, 0.05) is 30.9 Å². The van der Waals surface area contributed by atoms with Crippen LogP contribution in [0.4, 0.5) is 5.95 Å². The van der Waals surface area contributed by atoms with Gasteiger partial charge in [-0.15, -0.1) is 10.2 Å². The quantitative estimate of drug-likeness (QED) is 0.869. The third-order valence-corrected chi connectivity index (χ3v) is 3.04. The van der Waals surface area contributed by atoms with E-state index >= 15 is 0 Å². The molecule has 0 bridgehead atoms. The number of hydrogen-bond acceptors (Lipinski definition) is 5. The number of aromatic nitrogens is 4. The van der Waals surface area contributed by atoms with Crippen LogP contribution in [-0.2, 0) is 6.54 Å². The molecule has 0 radical (unpaired) electrons. The van der Waals surface area contributed by atoms with Crippen molar-refractivity contribution in [2.75, 3.05) is 19.0 Å². The summed E-state index contributed by atoms with van der Waals surface area (Å²) in [6, 6.07) is 3.80. The Bertz CT molecular complexity index is 551. The second kappa shape index (κ2) is 4.64. The molecule has 0 saturated carbocycles. The molecule has 1 aliphatic rings. The van der Waals surface area contributed by atoms with Crippen LogP contribution in [0.2, 0.25) is 0 Å². The Morgan fingerprint density at radius 3 is 3.17 bits per heavy atom. The highest BCUT2D eigenvalue weighted by molar-refractivity contribution is 5.58. The molecule has 0 atom stereocenters. The van der Waals surface area contributed by atoms with Gasteiger partial charge in [-0.3, -0.25) is 4.57 Å². The molecule has 0 spiro atoms. The number of hydrogen-bond donors (Lipinski definition) is 1. The van der Waals surface area contributed by atoms with Crippen molar-refractivity contribution >= 4 is 5.95 Å². The van der Waals surface area contributed by atoms with Crippen LogP contribution in [-0.4, -0.2) is 33.4 Å². The van der Waals surface area contributed by atoms with E-state index in [1.165, 1.54) is 0 Å². The van der Waals surface area contributed by atoms with Crippen molar-refractivity contribution in [3.05, 3.63) is 18.3 Å². The van der Waals surface area contributed by atoms with Crippen LogP contribution in [0.5, 0.6) is 5.88 Å². The number of anilines is 1. The maximum atomic E-state index is 5.14. The first-order valence-corrected chi connectivity index (χ1v) is 6.06. The van der Waals surface area contributed by atoms with Crippen molar-refractivity contribution < 1.29 is 4.74 Å². The Balaban J connectivity index is 2.03. The van der Waals surface area contributed by atoms with E-state index in [0.717, 1.165) is 43.3 Å². The van der Waals surface area contributed by atoms with E-state index in [-0.39, 0.29) is 0 Å². The van der Waals surface area contributed by atoms with Gasteiger partial charge in [-0.2, -0.15) is 0 Å². The van der Waals surface area contributed by atoms with Crippen molar-refractivity contribution in [3.63, 3.8) is 0 Å². The Morgan fingerprint density at radius 1 is 1.33 bits per heavy atom. The van der Waals surface area contributed by atoms with Gasteiger partial charge < -0.3 is 10.1 Å². The molecule has 0 aliphatic carbocycles. The number of ether oxygens (including phenoxy) is 1. The largest absolute Gasteiger partial charge is 0.481 e. The maximum absolute atomic E-state index is 5.14. The SMILES string of the molecule is COc1cc(-c2nnc3n2CCCCN3)ccn1. The topological polar surface area (TPSA) is 64.9 Å². The van der Waals surface area contributed by atoms with E-state index in [1.54, 1.807) is 13.3 Å². The Hall–Kier alpha value is -2.11. The van der Waals surface area contributed by atoms with Crippen LogP contribution in [0.1, 0.15) is 12.8 Å². The average Bonchev–Trinajstić information content (AvgIpc) is 2.68. The summed E-state index contributed by atoms with van der Waals surface area (Å²) in [5, 5.41) is 11.7. The zero-order valence-electron chi connectivity index (χ0n) is 10.3. The minimum atomic E-state index is 0.589. The van der Waals surface area contributed by atoms with Gasteiger partial charge in [0.15, 0.2) is 5.82 Å². The first-order valence-electron chi connectivity index (χ1n) is 6.06. The number of rotatable bonds is 2. The standard InChI is InChI=1S/C12H15N5O/c1-18-10-8-9(4-6-13-10)11-15-16-12-14-5-2-3-7-17(11)12/h4,6,8H,2-3,5,7H2,1H3,(H,14,16). The van der Waals surface area contributed by atoms with Crippen LogP contribution < -0.4 is 10.1 Å². The van der Waals surface area contributed by atoms with Gasteiger partial charge in [-0.05, 0) is 18.9 Å². The van der Waals surface area contributed by atoms with E-state index in [2.05, 4.69) is 25.1 Å². The van der Waals surface area contributed by atoms with Gasteiger partial charge in [0.05, 0.1) is 7.11 Å². The van der Waals surface area contributed by atoms with Crippen LogP contribution in [0.25, 0.3) is 11.4 Å². The van der Waals surface area contributed by atoms with Gasteiger partial charge in [-0.25, -0.2) is 4.98 Å². The molecule has 6 heteroatoms. The van der Waals surface area contributed by atoms with Crippen LogP contribution >= 0.6 is 0 Å². The summed E-state index contributed by atoms with van der Waals surface area (Å²) in [5.41, 5.74) is 0.976. The van der Waals surface area contributed by atoms with Crippen LogP contribution in [0, 0.1) is 0 Å². The first-order chi connectivity index (χ1) is 8.88. The first kappa shape index (κ1) is 11.0. The summed E-state index contributed by atoms with van der Waals surface area (Å²) in [4.78, 5) is 4.10. The third kappa shape index (κ3) is 1.90. The summed E-state index contributed by atoms with van der Waals surface area (Å²) < 4.78 is 7.25. The van der Waals surface area contributed by atoms with Gasteiger partial charge >= 0.3 is 0 Å². The zero-order chi connectivity index (χ0) is 12.4.